The number of anilines is 1. The van der Waals surface area contributed by atoms with Crippen LogP contribution in [0.5, 0.6) is 0 Å². The molecule has 2 aromatic rings. The van der Waals surface area contributed by atoms with Crippen molar-refractivity contribution in [3.05, 3.63) is 29.8 Å². The van der Waals surface area contributed by atoms with Gasteiger partial charge in [-0.2, -0.15) is 10.2 Å². The molecule has 2 aromatic heterocycles. The maximum Gasteiger partial charge on any atom is 0.328 e. The predicted octanol–water partition coefficient (Wildman–Crippen LogP) is 1.31. The molecule has 8 nitrogen and oxygen atoms in total. The highest BCUT2D eigenvalue weighted by Gasteiger charge is 2.18. The third kappa shape index (κ3) is 2.93. The molecule has 0 radical (unpaired) electrons. The molecule has 0 aliphatic carbocycles. The van der Waals surface area contributed by atoms with E-state index in [1.54, 1.807) is 10.9 Å². The fraction of sp³-hybridized carbons (Fsp3) is 0.385. The number of carbonyl (C=O) groups excluding carboxylic acids is 1. The maximum absolute atomic E-state index is 12.1. The molecule has 0 aliphatic heterocycles. The zero-order valence-electron chi connectivity index (χ0n) is 12.1. The molecule has 112 valence electrons. The van der Waals surface area contributed by atoms with E-state index in [1.165, 1.54) is 23.9 Å². The number of carboxylic acids is 1. The number of hydrogen-bond donors (Lipinski definition) is 2. The Balaban J connectivity index is 2.13. The molecule has 2 heterocycles. The Kier molecular flexibility index (Phi) is 4.06. The molecule has 0 aliphatic rings. The lowest BCUT2D eigenvalue weighted by Gasteiger charge is -2.06. The summed E-state index contributed by atoms with van der Waals surface area (Å²) in [5.74, 6) is -1.41. The lowest BCUT2D eigenvalue weighted by atomic mass is 10.3. The average molecular weight is 291 g/mol. The maximum atomic E-state index is 12.1. The fourth-order valence-electron chi connectivity index (χ4n) is 1.86. The number of aryl methyl sites for hydroxylation is 1. The van der Waals surface area contributed by atoms with Gasteiger partial charge in [-0.15, -0.1) is 0 Å². The van der Waals surface area contributed by atoms with Gasteiger partial charge in [-0.3, -0.25) is 14.2 Å². The molecule has 0 fully saturated rings. The first kappa shape index (κ1) is 14.8. The smallest absolute Gasteiger partial charge is 0.328 e. The highest BCUT2D eigenvalue weighted by molar-refractivity contribution is 6.03. The van der Waals surface area contributed by atoms with Gasteiger partial charge in [-0.05, 0) is 26.8 Å². The standard InChI is InChI=1S/C13H17N5O3/c1-4-17-8(2)11(7-14-17)15-12(19)10-5-6-18(16-10)9(3)13(20)21/h5-7,9H,4H2,1-3H3,(H,15,19)(H,20,21). The van der Waals surface area contributed by atoms with E-state index in [9.17, 15) is 9.59 Å². The van der Waals surface area contributed by atoms with E-state index >= 15 is 0 Å². The topological polar surface area (TPSA) is 102 Å². The first-order chi connectivity index (χ1) is 9.93. The molecule has 0 spiro atoms. The molecule has 21 heavy (non-hydrogen) atoms. The van der Waals surface area contributed by atoms with Gasteiger partial charge in [0.25, 0.3) is 5.91 Å². The number of carbonyl (C=O) groups is 2. The molecule has 2 rings (SSSR count). The summed E-state index contributed by atoms with van der Waals surface area (Å²) < 4.78 is 3.00. The van der Waals surface area contributed by atoms with Gasteiger partial charge in [0.2, 0.25) is 0 Å². The fourth-order valence-corrected chi connectivity index (χ4v) is 1.86. The number of aliphatic carboxylic acids is 1. The summed E-state index contributed by atoms with van der Waals surface area (Å²) in [7, 11) is 0. The van der Waals surface area contributed by atoms with E-state index in [0.717, 1.165) is 5.69 Å². The molecule has 1 atom stereocenters. The number of nitrogens with zero attached hydrogens (tertiary/aromatic N) is 4. The molecule has 1 amide bonds. The molecule has 0 aromatic carbocycles. The Bertz CT molecular complexity index is 673. The van der Waals surface area contributed by atoms with Crippen LogP contribution < -0.4 is 5.32 Å². The van der Waals surface area contributed by atoms with Crippen molar-refractivity contribution in [2.24, 2.45) is 0 Å². The van der Waals surface area contributed by atoms with Crippen LogP contribution in [-0.4, -0.2) is 36.5 Å². The van der Waals surface area contributed by atoms with Crippen LogP contribution >= 0.6 is 0 Å². The van der Waals surface area contributed by atoms with Crippen LogP contribution in [0.1, 0.15) is 36.1 Å². The summed E-state index contributed by atoms with van der Waals surface area (Å²) in [6, 6.07) is 0.657. The number of rotatable bonds is 5. The third-order valence-corrected chi connectivity index (χ3v) is 3.25. The van der Waals surface area contributed by atoms with Gasteiger partial charge in [-0.1, -0.05) is 0 Å². The monoisotopic (exact) mass is 291 g/mol. The van der Waals surface area contributed by atoms with Crippen LogP contribution in [0.3, 0.4) is 0 Å². The Morgan fingerprint density at radius 1 is 1.48 bits per heavy atom. The Morgan fingerprint density at radius 2 is 2.19 bits per heavy atom. The summed E-state index contributed by atoms with van der Waals surface area (Å²) in [5, 5.41) is 19.7. The Hall–Kier alpha value is -2.64. The van der Waals surface area contributed by atoms with E-state index in [0.29, 0.717) is 12.2 Å². The van der Waals surface area contributed by atoms with Gasteiger partial charge < -0.3 is 10.4 Å². The normalized spacial score (nSPS) is 12.1. The van der Waals surface area contributed by atoms with E-state index in [-0.39, 0.29) is 5.69 Å². The number of nitrogens with one attached hydrogen (secondary N) is 1. The summed E-state index contributed by atoms with van der Waals surface area (Å²) >= 11 is 0. The largest absolute Gasteiger partial charge is 0.480 e. The number of hydrogen-bond acceptors (Lipinski definition) is 4. The first-order valence-corrected chi connectivity index (χ1v) is 6.55. The Morgan fingerprint density at radius 3 is 2.76 bits per heavy atom. The average Bonchev–Trinajstić information content (AvgIpc) is 3.06. The van der Waals surface area contributed by atoms with E-state index in [2.05, 4.69) is 15.5 Å². The van der Waals surface area contributed by atoms with Crippen molar-refractivity contribution in [3.8, 4) is 0 Å². The highest BCUT2D eigenvalue weighted by atomic mass is 16.4. The van der Waals surface area contributed by atoms with Crippen molar-refractivity contribution in [2.45, 2.75) is 33.4 Å². The Labute approximate surface area is 121 Å². The highest BCUT2D eigenvalue weighted by Crippen LogP contribution is 2.15. The van der Waals surface area contributed by atoms with Crippen LogP contribution in [0.15, 0.2) is 18.5 Å². The van der Waals surface area contributed by atoms with Crippen molar-refractivity contribution in [2.75, 3.05) is 5.32 Å². The van der Waals surface area contributed by atoms with Gasteiger partial charge >= 0.3 is 5.97 Å². The number of aromatic nitrogens is 4. The van der Waals surface area contributed by atoms with Gasteiger partial charge in [-0.25, -0.2) is 4.79 Å². The summed E-state index contributed by atoms with van der Waals surface area (Å²) in [6.07, 6.45) is 3.05. The molecule has 1 unspecified atom stereocenters. The minimum atomic E-state index is -1.01. The van der Waals surface area contributed by atoms with Crippen molar-refractivity contribution < 1.29 is 14.7 Å². The second-order valence-electron chi connectivity index (χ2n) is 4.61. The zero-order valence-corrected chi connectivity index (χ0v) is 12.1. The SMILES string of the molecule is CCn1ncc(NC(=O)c2ccn(C(C)C(=O)O)n2)c1C. The van der Waals surface area contributed by atoms with Gasteiger partial charge in [0, 0.05) is 12.7 Å². The molecular formula is C13H17N5O3. The summed E-state index contributed by atoms with van der Waals surface area (Å²) in [4.78, 5) is 23.0. The minimum absolute atomic E-state index is 0.159. The number of carboxylic acid groups (broad SMARTS) is 1. The molecule has 0 bridgehead atoms. The summed E-state index contributed by atoms with van der Waals surface area (Å²) in [6.45, 7) is 6.02. The van der Waals surface area contributed by atoms with E-state index < -0.39 is 17.9 Å². The van der Waals surface area contributed by atoms with Gasteiger partial charge in [0.1, 0.15) is 6.04 Å². The second kappa shape index (κ2) is 5.78. The zero-order chi connectivity index (χ0) is 15.6. The van der Waals surface area contributed by atoms with Crippen LogP contribution in [-0.2, 0) is 11.3 Å². The van der Waals surface area contributed by atoms with Crippen molar-refractivity contribution >= 4 is 17.6 Å². The van der Waals surface area contributed by atoms with Crippen LogP contribution in [0, 0.1) is 6.92 Å². The second-order valence-corrected chi connectivity index (χ2v) is 4.61. The molecule has 0 saturated carbocycles. The van der Waals surface area contributed by atoms with Crippen LogP contribution in [0.4, 0.5) is 5.69 Å². The molecule has 2 N–H and O–H groups in total. The molecule has 8 heteroatoms. The van der Waals surface area contributed by atoms with Crippen LogP contribution in [0.25, 0.3) is 0 Å². The van der Waals surface area contributed by atoms with Gasteiger partial charge in [0.15, 0.2) is 5.69 Å². The lowest BCUT2D eigenvalue weighted by Crippen LogP contribution is -2.18. The first-order valence-electron chi connectivity index (χ1n) is 6.55. The third-order valence-electron chi connectivity index (χ3n) is 3.25. The van der Waals surface area contributed by atoms with Crippen molar-refractivity contribution in [1.82, 2.24) is 19.6 Å². The van der Waals surface area contributed by atoms with E-state index in [1.807, 2.05) is 13.8 Å². The quantitative estimate of drug-likeness (QED) is 0.864. The molecule has 0 saturated heterocycles. The van der Waals surface area contributed by atoms with Crippen LogP contribution in [0.2, 0.25) is 0 Å². The molecular weight excluding hydrogens is 274 g/mol. The van der Waals surface area contributed by atoms with Gasteiger partial charge in [0.05, 0.1) is 17.6 Å². The van der Waals surface area contributed by atoms with Crippen molar-refractivity contribution in [1.29, 1.82) is 0 Å². The predicted molar refractivity (Wildman–Crippen MR) is 75.2 cm³/mol. The van der Waals surface area contributed by atoms with E-state index in [4.69, 9.17) is 5.11 Å². The van der Waals surface area contributed by atoms with Crippen molar-refractivity contribution in [3.63, 3.8) is 0 Å². The minimum Gasteiger partial charge on any atom is -0.480 e. The number of amides is 1. The summed E-state index contributed by atoms with van der Waals surface area (Å²) in [5.41, 5.74) is 1.62. The lowest BCUT2D eigenvalue weighted by molar-refractivity contribution is -0.140.